The molecule has 1 atom stereocenters. The van der Waals surface area contributed by atoms with Gasteiger partial charge in [0, 0.05) is 12.1 Å². The summed E-state index contributed by atoms with van der Waals surface area (Å²) in [6.45, 7) is 1.62. The van der Waals surface area contributed by atoms with Crippen molar-refractivity contribution in [3.63, 3.8) is 0 Å². The van der Waals surface area contributed by atoms with Gasteiger partial charge in [0.25, 0.3) is 5.69 Å². The molecule has 2 aromatic carbocycles. The smallest absolute Gasteiger partial charge is 0.338 e. The third-order valence-electron chi connectivity index (χ3n) is 3.38. The Bertz CT molecular complexity index is 769. The quantitative estimate of drug-likeness (QED) is 0.474. The first-order chi connectivity index (χ1) is 11.4. The fraction of sp³-hybridized carbons (Fsp3) is 0.176. The van der Waals surface area contributed by atoms with E-state index in [4.69, 9.17) is 4.74 Å². The Kier molecular flexibility index (Phi) is 5.26. The van der Waals surface area contributed by atoms with Crippen molar-refractivity contribution >= 4 is 17.6 Å². The Morgan fingerprint density at radius 3 is 2.17 bits per heavy atom. The summed E-state index contributed by atoms with van der Waals surface area (Å²) in [6, 6.07) is 11.7. The number of benzene rings is 2. The van der Waals surface area contributed by atoms with Gasteiger partial charge in [-0.15, -0.1) is 0 Å². The van der Waals surface area contributed by atoms with Gasteiger partial charge in [-0.2, -0.15) is 0 Å². The van der Waals surface area contributed by atoms with E-state index in [1.54, 1.807) is 13.0 Å². The minimum absolute atomic E-state index is 0.0715. The number of rotatable bonds is 5. The fourth-order valence-corrected chi connectivity index (χ4v) is 2.05. The molecular formula is C17H15NO6. The van der Waals surface area contributed by atoms with E-state index in [-0.39, 0.29) is 11.3 Å². The van der Waals surface area contributed by atoms with Crippen molar-refractivity contribution in [2.75, 3.05) is 7.11 Å². The van der Waals surface area contributed by atoms with Gasteiger partial charge in [-0.25, -0.2) is 9.59 Å². The zero-order valence-corrected chi connectivity index (χ0v) is 13.1. The highest BCUT2D eigenvalue weighted by atomic mass is 16.6. The molecule has 0 fully saturated rings. The van der Waals surface area contributed by atoms with Crippen LogP contribution in [0.1, 0.15) is 39.3 Å². The monoisotopic (exact) mass is 329 g/mol. The Labute approximate surface area is 138 Å². The number of carbonyl (C=O) groups is 2. The molecule has 0 bridgehead atoms. The van der Waals surface area contributed by atoms with Crippen LogP contribution in [0.5, 0.6) is 0 Å². The molecule has 0 aliphatic heterocycles. The van der Waals surface area contributed by atoms with E-state index >= 15 is 0 Å². The van der Waals surface area contributed by atoms with E-state index in [2.05, 4.69) is 4.74 Å². The predicted octanol–water partition coefficient (Wildman–Crippen LogP) is 3.30. The second-order valence-electron chi connectivity index (χ2n) is 4.97. The Morgan fingerprint density at radius 1 is 1.04 bits per heavy atom. The number of non-ortho nitro benzene ring substituents is 1. The van der Waals surface area contributed by atoms with Gasteiger partial charge in [-0.05, 0) is 36.8 Å². The zero-order chi connectivity index (χ0) is 17.7. The number of hydrogen-bond acceptors (Lipinski definition) is 6. The van der Waals surface area contributed by atoms with E-state index in [1.807, 2.05) is 0 Å². The molecule has 1 unspecified atom stereocenters. The Hall–Kier alpha value is -3.22. The van der Waals surface area contributed by atoms with Crippen LogP contribution in [0.3, 0.4) is 0 Å². The topological polar surface area (TPSA) is 95.7 Å². The largest absolute Gasteiger partial charge is 0.465 e. The molecule has 2 aromatic rings. The third-order valence-corrected chi connectivity index (χ3v) is 3.38. The molecule has 0 amide bonds. The van der Waals surface area contributed by atoms with Crippen LogP contribution in [0.4, 0.5) is 5.69 Å². The highest BCUT2D eigenvalue weighted by Crippen LogP contribution is 2.23. The molecule has 0 saturated carbocycles. The zero-order valence-electron chi connectivity index (χ0n) is 13.1. The van der Waals surface area contributed by atoms with Crippen LogP contribution >= 0.6 is 0 Å². The number of hydrogen-bond donors (Lipinski definition) is 0. The van der Waals surface area contributed by atoms with E-state index in [1.165, 1.54) is 49.6 Å². The van der Waals surface area contributed by atoms with Crippen LogP contribution in [-0.2, 0) is 9.47 Å². The van der Waals surface area contributed by atoms with E-state index in [9.17, 15) is 19.7 Å². The molecule has 0 spiro atoms. The Morgan fingerprint density at radius 2 is 1.62 bits per heavy atom. The van der Waals surface area contributed by atoms with Crippen molar-refractivity contribution < 1.29 is 24.0 Å². The van der Waals surface area contributed by atoms with E-state index in [0.29, 0.717) is 11.1 Å². The molecule has 7 heteroatoms. The lowest BCUT2D eigenvalue weighted by Gasteiger charge is -2.13. The minimum Gasteiger partial charge on any atom is -0.465 e. The summed E-state index contributed by atoms with van der Waals surface area (Å²) < 4.78 is 9.89. The van der Waals surface area contributed by atoms with Crippen LogP contribution in [0, 0.1) is 10.1 Å². The molecule has 0 heterocycles. The molecule has 7 nitrogen and oxygen atoms in total. The maximum atomic E-state index is 12.1. The Balaban J connectivity index is 2.10. The van der Waals surface area contributed by atoms with Crippen molar-refractivity contribution in [2.24, 2.45) is 0 Å². The number of methoxy groups -OCH3 is 1. The number of nitrogens with zero attached hydrogens (tertiary/aromatic N) is 1. The molecule has 124 valence electrons. The van der Waals surface area contributed by atoms with Gasteiger partial charge in [-0.1, -0.05) is 12.1 Å². The minimum atomic E-state index is -0.655. The average molecular weight is 329 g/mol. The van der Waals surface area contributed by atoms with Gasteiger partial charge in [-0.3, -0.25) is 10.1 Å². The van der Waals surface area contributed by atoms with Crippen molar-refractivity contribution in [1.82, 2.24) is 0 Å². The van der Waals surface area contributed by atoms with Crippen LogP contribution < -0.4 is 0 Å². The lowest BCUT2D eigenvalue weighted by Crippen LogP contribution is -2.10. The van der Waals surface area contributed by atoms with Crippen molar-refractivity contribution in [1.29, 1.82) is 0 Å². The van der Waals surface area contributed by atoms with Crippen molar-refractivity contribution in [3.05, 3.63) is 75.3 Å². The van der Waals surface area contributed by atoms with Gasteiger partial charge in [0.1, 0.15) is 6.10 Å². The second-order valence-corrected chi connectivity index (χ2v) is 4.97. The van der Waals surface area contributed by atoms with Crippen LogP contribution in [0.15, 0.2) is 48.5 Å². The third kappa shape index (κ3) is 3.95. The van der Waals surface area contributed by atoms with Gasteiger partial charge >= 0.3 is 11.9 Å². The summed E-state index contributed by atoms with van der Waals surface area (Å²) in [6.07, 6.45) is -0.655. The first-order valence-corrected chi connectivity index (χ1v) is 7.06. The van der Waals surface area contributed by atoms with Gasteiger partial charge in [0.05, 0.1) is 23.2 Å². The highest BCUT2D eigenvalue weighted by molar-refractivity contribution is 5.93. The molecule has 0 N–H and O–H groups in total. The number of ether oxygens (including phenoxy) is 2. The number of esters is 2. The summed E-state index contributed by atoms with van der Waals surface area (Å²) >= 11 is 0. The number of nitro benzene ring substituents is 1. The van der Waals surface area contributed by atoms with Crippen LogP contribution in [0.25, 0.3) is 0 Å². The molecule has 0 aromatic heterocycles. The standard InChI is InChI=1S/C17H15NO6/c1-11(14-4-3-5-15(10-14)18(21)22)24-17(20)13-8-6-12(7-9-13)16(19)23-2/h3-11H,1-2H3. The highest BCUT2D eigenvalue weighted by Gasteiger charge is 2.16. The summed E-state index contributed by atoms with van der Waals surface area (Å²) in [7, 11) is 1.27. The number of carbonyl (C=O) groups excluding carboxylic acids is 2. The van der Waals surface area contributed by atoms with Crippen molar-refractivity contribution in [3.8, 4) is 0 Å². The number of nitro groups is 1. The molecule has 0 radical (unpaired) electrons. The lowest BCUT2D eigenvalue weighted by molar-refractivity contribution is -0.385. The summed E-state index contributed by atoms with van der Waals surface area (Å²) in [5.41, 5.74) is 1.03. The first-order valence-electron chi connectivity index (χ1n) is 7.06. The lowest BCUT2D eigenvalue weighted by atomic mass is 10.1. The summed E-state index contributed by atoms with van der Waals surface area (Å²) in [5, 5.41) is 10.8. The van der Waals surface area contributed by atoms with Gasteiger partial charge in [0.2, 0.25) is 0 Å². The van der Waals surface area contributed by atoms with Crippen LogP contribution in [0.2, 0.25) is 0 Å². The van der Waals surface area contributed by atoms with E-state index in [0.717, 1.165) is 0 Å². The average Bonchev–Trinajstić information content (AvgIpc) is 2.61. The summed E-state index contributed by atoms with van der Waals surface area (Å²) in [5.74, 6) is -1.09. The maximum Gasteiger partial charge on any atom is 0.338 e. The first kappa shape index (κ1) is 17.1. The van der Waals surface area contributed by atoms with Crippen molar-refractivity contribution in [2.45, 2.75) is 13.0 Å². The molecule has 0 saturated heterocycles. The van der Waals surface area contributed by atoms with Crippen LogP contribution in [-0.4, -0.2) is 24.0 Å². The normalized spacial score (nSPS) is 11.4. The van der Waals surface area contributed by atoms with Gasteiger partial charge in [0.15, 0.2) is 0 Å². The second kappa shape index (κ2) is 7.36. The molecular weight excluding hydrogens is 314 g/mol. The summed E-state index contributed by atoms with van der Waals surface area (Å²) in [4.78, 5) is 33.8. The SMILES string of the molecule is COC(=O)c1ccc(C(=O)OC(C)c2cccc([N+](=O)[O-])c2)cc1. The maximum absolute atomic E-state index is 12.1. The molecule has 24 heavy (non-hydrogen) atoms. The molecule has 0 aliphatic rings. The fourth-order valence-electron chi connectivity index (χ4n) is 2.05. The molecule has 0 aliphatic carbocycles. The van der Waals surface area contributed by atoms with Gasteiger partial charge < -0.3 is 9.47 Å². The molecule has 2 rings (SSSR count). The van der Waals surface area contributed by atoms with E-state index < -0.39 is 23.0 Å². The predicted molar refractivity (Wildman–Crippen MR) is 84.7 cm³/mol.